The molecule has 114 valence electrons. The molecule has 0 saturated heterocycles. The van der Waals surface area contributed by atoms with E-state index in [1.807, 2.05) is 54.6 Å². The summed E-state index contributed by atoms with van der Waals surface area (Å²) >= 11 is 0. The lowest BCUT2D eigenvalue weighted by atomic mass is 10.2. The largest absolute Gasteiger partial charge is 0.493 e. The second kappa shape index (κ2) is 6.98. The van der Waals surface area contributed by atoms with Gasteiger partial charge in [-0.2, -0.15) is 0 Å². The van der Waals surface area contributed by atoms with Gasteiger partial charge in [0.15, 0.2) is 0 Å². The molecule has 22 heavy (non-hydrogen) atoms. The van der Waals surface area contributed by atoms with Crippen molar-refractivity contribution in [3.05, 3.63) is 54.6 Å². The Bertz CT molecular complexity index is 607. The lowest BCUT2D eigenvalue weighted by Crippen LogP contribution is -2.15. The van der Waals surface area contributed by atoms with E-state index in [9.17, 15) is 4.79 Å². The predicted octanol–water partition coefficient (Wildman–Crippen LogP) is 3.67. The minimum absolute atomic E-state index is 0.0427. The van der Waals surface area contributed by atoms with Gasteiger partial charge >= 0.3 is 0 Å². The monoisotopic (exact) mass is 296 g/mol. The Labute approximate surface area is 130 Å². The molecule has 2 aromatic carbocycles. The molecule has 0 heterocycles. The number of amides is 1. The van der Waals surface area contributed by atoms with Crippen molar-refractivity contribution in [1.29, 1.82) is 0 Å². The topological polar surface area (TPSA) is 50.4 Å². The van der Waals surface area contributed by atoms with Gasteiger partial charge in [0.05, 0.1) is 13.0 Å². The average molecular weight is 296 g/mol. The molecule has 2 aromatic rings. The molecule has 0 aromatic heterocycles. The highest BCUT2D eigenvalue weighted by atomic mass is 16.5. The molecular weight excluding hydrogens is 276 g/mol. The number of carbonyl (C=O) groups is 1. The molecule has 1 aliphatic rings. The van der Waals surface area contributed by atoms with Crippen LogP contribution in [0.2, 0.25) is 0 Å². The van der Waals surface area contributed by atoms with E-state index in [-0.39, 0.29) is 5.91 Å². The molecule has 1 aliphatic carbocycles. The molecule has 1 saturated carbocycles. The molecule has 0 aliphatic heterocycles. The van der Waals surface area contributed by atoms with Crippen molar-refractivity contribution in [3.63, 3.8) is 0 Å². The first-order chi connectivity index (χ1) is 10.8. The molecule has 1 fully saturated rings. The summed E-state index contributed by atoms with van der Waals surface area (Å²) in [5.41, 5.74) is 1.92. The Kier molecular flexibility index (Phi) is 4.59. The van der Waals surface area contributed by atoms with Crippen LogP contribution < -0.4 is 15.4 Å². The maximum absolute atomic E-state index is 11.9. The van der Waals surface area contributed by atoms with Gasteiger partial charge in [0.25, 0.3) is 0 Å². The summed E-state index contributed by atoms with van der Waals surface area (Å²) in [5, 5.41) is 6.29. The van der Waals surface area contributed by atoms with Crippen LogP contribution in [0.4, 0.5) is 11.4 Å². The lowest BCUT2D eigenvalue weighted by Gasteiger charge is -2.09. The second-order valence-electron chi connectivity index (χ2n) is 5.46. The van der Waals surface area contributed by atoms with Crippen LogP contribution >= 0.6 is 0 Å². The van der Waals surface area contributed by atoms with Crippen LogP contribution in [0.5, 0.6) is 5.75 Å². The number of anilines is 2. The van der Waals surface area contributed by atoms with Gasteiger partial charge in [-0.3, -0.25) is 4.79 Å². The van der Waals surface area contributed by atoms with Gasteiger partial charge < -0.3 is 15.4 Å². The smallest absolute Gasteiger partial charge is 0.227 e. The zero-order valence-corrected chi connectivity index (χ0v) is 12.4. The maximum atomic E-state index is 11.9. The number of nitrogens with one attached hydrogen (secondary N) is 2. The Morgan fingerprint density at radius 3 is 2.36 bits per heavy atom. The normalized spacial score (nSPS) is 13.5. The van der Waals surface area contributed by atoms with E-state index in [2.05, 4.69) is 10.6 Å². The minimum Gasteiger partial charge on any atom is -0.493 e. The number of rotatable bonds is 7. The van der Waals surface area contributed by atoms with Gasteiger partial charge in [-0.05, 0) is 49.2 Å². The second-order valence-corrected chi connectivity index (χ2v) is 5.46. The highest BCUT2D eigenvalue weighted by Crippen LogP contribution is 2.25. The van der Waals surface area contributed by atoms with Crippen LogP contribution in [0, 0.1) is 0 Å². The van der Waals surface area contributed by atoms with E-state index >= 15 is 0 Å². The molecule has 3 rings (SSSR count). The first-order valence-electron chi connectivity index (χ1n) is 7.64. The molecule has 0 radical (unpaired) electrons. The Hall–Kier alpha value is -2.49. The molecule has 0 spiro atoms. The van der Waals surface area contributed by atoms with E-state index in [1.54, 1.807) is 0 Å². The SMILES string of the molecule is O=C(CCOc1ccccc1)Nc1ccc(NC2CC2)cc1. The number of para-hydroxylation sites is 1. The summed E-state index contributed by atoms with van der Waals surface area (Å²) in [4.78, 5) is 11.9. The van der Waals surface area contributed by atoms with Gasteiger partial charge in [-0.1, -0.05) is 18.2 Å². The minimum atomic E-state index is -0.0427. The Morgan fingerprint density at radius 2 is 1.68 bits per heavy atom. The fraction of sp³-hybridized carbons (Fsp3) is 0.278. The van der Waals surface area contributed by atoms with Crippen molar-refractivity contribution in [2.45, 2.75) is 25.3 Å². The fourth-order valence-electron chi connectivity index (χ4n) is 2.11. The van der Waals surface area contributed by atoms with Crippen LogP contribution in [0.15, 0.2) is 54.6 Å². The molecule has 0 unspecified atom stereocenters. The third kappa shape index (κ3) is 4.52. The van der Waals surface area contributed by atoms with Gasteiger partial charge in [-0.15, -0.1) is 0 Å². The first-order valence-corrected chi connectivity index (χ1v) is 7.64. The number of hydrogen-bond acceptors (Lipinski definition) is 3. The van der Waals surface area contributed by atoms with Crippen molar-refractivity contribution in [3.8, 4) is 5.75 Å². The Balaban J connectivity index is 1.41. The summed E-state index contributed by atoms with van der Waals surface area (Å²) in [6.07, 6.45) is 2.83. The fourth-order valence-corrected chi connectivity index (χ4v) is 2.11. The molecular formula is C18H20N2O2. The van der Waals surface area contributed by atoms with Crippen LogP contribution in [-0.4, -0.2) is 18.6 Å². The average Bonchev–Trinajstić information content (AvgIpc) is 3.34. The van der Waals surface area contributed by atoms with Crippen molar-refractivity contribution >= 4 is 17.3 Å². The van der Waals surface area contributed by atoms with E-state index in [0.717, 1.165) is 17.1 Å². The van der Waals surface area contributed by atoms with Crippen LogP contribution in [0.1, 0.15) is 19.3 Å². The number of carbonyl (C=O) groups excluding carboxylic acids is 1. The highest BCUT2D eigenvalue weighted by molar-refractivity contribution is 5.90. The van der Waals surface area contributed by atoms with Gasteiger partial charge in [0, 0.05) is 17.4 Å². The summed E-state index contributed by atoms with van der Waals surface area (Å²) in [6, 6.07) is 18.0. The van der Waals surface area contributed by atoms with Crippen molar-refractivity contribution in [2.75, 3.05) is 17.2 Å². The molecule has 2 N–H and O–H groups in total. The van der Waals surface area contributed by atoms with E-state index in [0.29, 0.717) is 19.1 Å². The van der Waals surface area contributed by atoms with E-state index in [4.69, 9.17) is 4.74 Å². The van der Waals surface area contributed by atoms with Gasteiger partial charge in [0.1, 0.15) is 5.75 Å². The van der Waals surface area contributed by atoms with Crippen LogP contribution in [-0.2, 0) is 4.79 Å². The maximum Gasteiger partial charge on any atom is 0.227 e. The molecule has 4 nitrogen and oxygen atoms in total. The van der Waals surface area contributed by atoms with Crippen molar-refractivity contribution < 1.29 is 9.53 Å². The van der Waals surface area contributed by atoms with Crippen molar-refractivity contribution in [1.82, 2.24) is 0 Å². The molecule has 0 bridgehead atoms. The van der Waals surface area contributed by atoms with E-state index < -0.39 is 0 Å². The predicted molar refractivity (Wildman–Crippen MR) is 88.3 cm³/mol. The quantitative estimate of drug-likeness (QED) is 0.819. The highest BCUT2D eigenvalue weighted by Gasteiger charge is 2.20. The molecule has 0 atom stereocenters. The first kappa shape index (κ1) is 14.4. The summed E-state index contributed by atoms with van der Waals surface area (Å²) in [5.74, 6) is 0.740. The number of benzene rings is 2. The number of hydrogen-bond donors (Lipinski definition) is 2. The zero-order valence-electron chi connectivity index (χ0n) is 12.4. The lowest BCUT2D eigenvalue weighted by molar-refractivity contribution is -0.116. The van der Waals surface area contributed by atoms with Crippen molar-refractivity contribution in [2.24, 2.45) is 0 Å². The standard InChI is InChI=1S/C18H20N2O2/c21-18(12-13-22-17-4-2-1-3-5-17)20-16-10-8-15(9-11-16)19-14-6-7-14/h1-5,8-11,14,19H,6-7,12-13H2,(H,20,21). The van der Waals surface area contributed by atoms with Crippen LogP contribution in [0.3, 0.4) is 0 Å². The van der Waals surface area contributed by atoms with Gasteiger partial charge in [0.2, 0.25) is 5.91 Å². The summed E-state index contributed by atoms with van der Waals surface area (Å²) in [7, 11) is 0. The Morgan fingerprint density at radius 1 is 1.00 bits per heavy atom. The summed E-state index contributed by atoms with van der Waals surface area (Å²) in [6.45, 7) is 0.372. The van der Waals surface area contributed by atoms with Gasteiger partial charge in [-0.25, -0.2) is 0 Å². The van der Waals surface area contributed by atoms with E-state index in [1.165, 1.54) is 12.8 Å². The third-order valence-corrected chi connectivity index (χ3v) is 3.46. The molecule has 4 heteroatoms. The van der Waals surface area contributed by atoms with Crippen LogP contribution in [0.25, 0.3) is 0 Å². The molecule has 1 amide bonds. The number of ether oxygens (including phenoxy) is 1. The zero-order chi connectivity index (χ0) is 15.2. The third-order valence-electron chi connectivity index (χ3n) is 3.46. The summed E-state index contributed by atoms with van der Waals surface area (Å²) < 4.78 is 5.51.